The zero-order chi connectivity index (χ0) is 37.0. The van der Waals surface area contributed by atoms with E-state index in [0.29, 0.717) is 80.8 Å². The van der Waals surface area contributed by atoms with Crippen LogP contribution in [0.5, 0.6) is 6.01 Å². The van der Waals surface area contributed by atoms with Crippen molar-refractivity contribution < 1.29 is 13.5 Å². The number of thioether (sulfide) groups is 1. The second-order valence-corrected chi connectivity index (χ2v) is 12.5. The molecule has 6 aromatic rings. The number of benzene rings is 2. The maximum Gasteiger partial charge on any atom is 0.318 e. The van der Waals surface area contributed by atoms with Crippen molar-refractivity contribution in [3.8, 4) is 28.5 Å². The van der Waals surface area contributed by atoms with Crippen LogP contribution in [0.1, 0.15) is 11.1 Å². The maximum absolute atomic E-state index is 13.8. The summed E-state index contributed by atoms with van der Waals surface area (Å²) in [4.78, 5) is 45.0. The highest BCUT2D eigenvalue weighted by Crippen LogP contribution is 2.24. The Bertz CT molecular complexity index is 2040. The summed E-state index contributed by atoms with van der Waals surface area (Å²) >= 11 is 13.5. The first kappa shape index (κ1) is 37.9. The van der Waals surface area contributed by atoms with Crippen molar-refractivity contribution in [1.29, 1.82) is 0 Å². The molecule has 2 aromatic carbocycles. The van der Waals surface area contributed by atoms with Gasteiger partial charge >= 0.3 is 6.01 Å². The second-order valence-electron chi connectivity index (χ2n) is 10.9. The number of rotatable bonds is 12. The fourth-order valence-electron chi connectivity index (χ4n) is 4.82. The van der Waals surface area contributed by atoms with E-state index in [2.05, 4.69) is 40.5 Å². The van der Waals surface area contributed by atoms with Crippen molar-refractivity contribution in [2.45, 2.75) is 18.0 Å². The standard InChI is InChI=1S/C18H16ClFN4O2.C18H16ClFN4OS/c2*1-26-18-23-15(11-5-6-17(25)22-10-11)9-16(24-18)21-8-7-12-13(19)3-2-4-14(12)20/h2*2-6,9-10H,7-8H2,1H3,(H,22,25)(H,21,23,24). The normalized spacial score (nSPS) is 10.7. The number of methoxy groups -OCH3 is 1. The molecule has 0 bridgehead atoms. The first-order valence-corrected chi connectivity index (χ1v) is 17.7. The molecule has 0 amide bonds. The van der Waals surface area contributed by atoms with Crippen molar-refractivity contribution >= 4 is 46.6 Å². The Balaban J connectivity index is 0.000000201. The van der Waals surface area contributed by atoms with Gasteiger partial charge < -0.3 is 25.3 Å². The number of nitrogens with zero attached hydrogens (tertiary/aromatic N) is 4. The minimum Gasteiger partial charge on any atom is -0.467 e. The van der Waals surface area contributed by atoms with Crippen LogP contribution < -0.4 is 26.5 Å². The molecule has 0 radical (unpaired) electrons. The van der Waals surface area contributed by atoms with E-state index < -0.39 is 0 Å². The first-order valence-electron chi connectivity index (χ1n) is 15.7. The van der Waals surface area contributed by atoms with Crippen molar-refractivity contribution in [3.05, 3.63) is 139 Å². The number of halogens is 4. The number of pyridine rings is 2. The van der Waals surface area contributed by atoms with Crippen molar-refractivity contribution in [2.24, 2.45) is 0 Å². The molecule has 16 heteroatoms. The lowest BCUT2D eigenvalue weighted by Crippen LogP contribution is -2.09. The van der Waals surface area contributed by atoms with Crippen LogP contribution in [0.2, 0.25) is 10.0 Å². The number of aromatic amines is 2. The van der Waals surface area contributed by atoms with Crippen LogP contribution in [0.15, 0.2) is 99.9 Å². The highest BCUT2D eigenvalue weighted by Gasteiger charge is 2.11. The van der Waals surface area contributed by atoms with Crippen LogP contribution in [0.25, 0.3) is 22.5 Å². The fourth-order valence-corrected chi connectivity index (χ4v) is 5.72. The fraction of sp³-hybridized carbons (Fsp3) is 0.167. The smallest absolute Gasteiger partial charge is 0.318 e. The molecule has 0 aliphatic rings. The Labute approximate surface area is 311 Å². The molecule has 4 aromatic heterocycles. The van der Waals surface area contributed by atoms with Crippen molar-refractivity contribution in [1.82, 2.24) is 29.9 Å². The maximum atomic E-state index is 13.8. The number of hydrogen-bond donors (Lipinski definition) is 4. The average molecular weight is 766 g/mol. The molecule has 11 nitrogen and oxygen atoms in total. The predicted octanol–water partition coefficient (Wildman–Crippen LogP) is 7.29. The molecular weight excluding hydrogens is 733 g/mol. The van der Waals surface area contributed by atoms with Crippen LogP contribution in [0, 0.1) is 11.6 Å². The summed E-state index contributed by atoms with van der Waals surface area (Å²) in [5.74, 6) is 0.484. The zero-order valence-electron chi connectivity index (χ0n) is 27.8. The van der Waals surface area contributed by atoms with Gasteiger partial charge in [0.05, 0.1) is 18.5 Å². The lowest BCUT2D eigenvalue weighted by atomic mass is 10.1. The molecule has 0 saturated carbocycles. The summed E-state index contributed by atoms with van der Waals surface area (Å²) in [5, 5.41) is 7.70. The van der Waals surface area contributed by atoms with Gasteiger partial charge in [-0.05, 0) is 55.5 Å². The number of aromatic nitrogens is 6. The van der Waals surface area contributed by atoms with Gasteiger partial charge in [-0.3, -0.25) is 9.59 Å². The molecule has 4 N–H and O–H groups in total. The second kappa shape index (κ2) is 18.3. The van der Waals surface area contributed by atoms with Crippen molar-refractivity contribution in [2.75, 3.05) is 37.1 Å². The van der Waals surface area contributed by atoms with Gasteiger partial charge in [-0.2, -0.15) is 9.97 Å². The highest BCUT2D eigenvalue weighted by molar-refractivity contribution is 7.98. The van der Waals surface area contributed by atoms with Gasteiger partial charge in [0, 0.05) is 82.0 Å². The van der Waals surface area contributed by atoms with Crippen molar-refractivity contribution in [3.63, 3.8) is 0 Å². The van der Waals surface area contributed by atoms with Crippen LogP contribution in [0.3, 0.4) is 0 Å². The minimum absolute atomic E-state index is 0.173. The number of H-pyrrole nitrogens is 2. The number of anilines is 2. The quantitative estimate of drug-likeness (QED) is 0.0739. The van der Waals surface area contributed by atoms with Crippen LogP contribution in [-0.4, -0.2) is 56.4 Å². The van der Waals surface area contributed by atoms with E-state index in [0.717, 1.165) is 5.56 Å². The summed E-state index contributed by atoms with van der Waals surface area (Å²) in [6.45, 7) is 0.891. The minimum atomic E-state index is -0.339. The molecule has 6 rings (SSSR count). The first-order chi connectivity index (χ1) is 25.1. The SMILES string of the molecule is COc1nc(NCCc2c(F)cccc2Cl)cc(-c2ccc(=O)[nH]c2)n1.CSc1nc(NCCc2c(F)cccc2Cl)cc(-c2ccc(=O)[nH]c2)n1. The Kier molecular flexibility index (Phi) is 13.3. The summed E-state index contributed by atoms with van der Waals surface area (Å²) in [6, 6.07) is 19.2. The molecule has 268 valence electrons. The Morgan fingerprint density at radius 2 is 1.21 bits per heavy atom. The molecule has 0 fully saturated rings. The van der Waals surface area contributed by atoms with Gasteiger partial charge in [0.1, 0.15) is 23.3 Å². The molecule has 52 heavy (non-hydrogen) atoms. The topological polar surface area (TPSA) is 151 Å². The summed E-state index contributed by atoms with van der Waals surface area (Å²) in [5.41, 5.74) is 3.31. The molecular formula is C36H32Cl2F2N8O3S. The molecule has 0 unspecified atom stereocenters. The van der Waals surface area contributed by atoms with Crippen LogP contribution in [0.4, 0.5) is 20.4 Å². The van der Waals surface area contributed by atoms with Gasteiger partial charge in [-0.15, -0.1) is 0 Å². The molecule has 4 heterocycles. The summed E-state index contributed by atoms with van der Waals surface area (Å²) in [6.07, 6.45) is 5.88. The van der Waals surface area contributed by atoms with Gasteiger partial charge in [0.15, 0.2) is 5.16 Å². The molecule has 0 spiro atoms. The predicted molar refractivity (Wildman–Crippen MR) is 202 cm³/mol. The average Bonchev–Trinajstić information content (AvgIpc) is 3.14. The Morgan fingerprint density at radius 1 is 0.712 bits per heavy atom. The van der Waals surface area contributed by atoms with Crippen LogP contribution in [-0.2, 0) is 12.8 Å². The van der Waals surface area contributed by atoms with E-state index >= 15 is 0 Å². The number of nitrogens with one attached hydrogen (secondary N) is 4. The summed E-state index contributed by atoms with van der Waals surface area (Å²) < 4.78 is 32.8. The Hall–Kier alpha value is -5.31. The number of ether oxygens (including phenoxy) is 1. The largest absolute Gasteiger partial charge is 0.467 e. The third kappa shape index (κ3) is 10.4. The number of hydrogen-bond acceptors (Lipinski definition) is 10. The molecule has 0 saturated heterocycles. The molecule has 0 aliphatic heterocycles. The van der Waals surface area contributed by atoms with Crippen LogP contribution >= 0.6 is 35.0 Å². The Morgan fingerprint density at radius 3 is 1.65 bits per heavy atom. The van der Waals surface area contributed by atoms with E-state index in [-0.39, 0.29) is 28.8 Å². The van der Waals surface area contributed by atoms with Gasteiger partial charge in [-0.1, -0.05) is 47.1 Å². The third-order valence-electron chi connectivity index (χ3n) is 7.42. The monoisotopic (exact) mass is 764 g/mol. The lowest BCUT2D eigenvalue weighted by molar-refractivity contribution is 0.381. The van der Waals surface area contributed by atoms with E-state index in [1.807, 2.05) is 6.26 Å². The van der Waals surface area contributed by atoms with E-state index in [1.165, 1.54) is 43.1 Å². The lowest BCUT2D eigenvalue weighted by Gasteiger charge is -2.10. The van der Waals surface area contributed by atoms with Gasteiger partial charge in [-0.25, -0.2) is 18.7 Å². The van der Waals surface area contributed by atoms with E-state index in [9.17, 15) is 18.4 Å². The van der Waals surface area contributed by atoms with E-state index in [4.69, 9.17) is 27.9 Å². The highest BCUT2D eigenvalue weighted by atomic mass is 35.5. The van der Waals surface area contributed by atoms with Gasteiger partial charge in [0.2, 0.25) is 11.1 Å². The summed E-state index contributed by atoms with van der Waals surface area (Å²) in [7, 11) is 1.47. The zero-order valence-corrected chi connectivity index (χ0v) is 30.2. The van der Waals surface area contributed by atoms with Gasteiger partial charge in [0.25, 0.3) is 0 Å². The molecule has 0 atom stereocenters. The third-order valence-corrected chi connectivity index (χ3v) is 8.68. The van der Waals surface area contributed by atoms with E-state index in [1.54, 1.807) is 60.9 Å². The molecule has 0 aliphatic carbocycles.